The van der Waals surface area contributed by atoms with Gasteiger partial charge in [-0.3, -0.25) is 4.79 Å². The highest BCUT2D eigenvalue weighted by Crippen LogP contribution is 2.09. The van der Waals surface area contributed by atoms with E-state index in [1.165, 1.54) is 24.3 Å². The van der Waals surface area contributed by atoms with Crippen molar-refractivity contribution in [3.8, 4) is 0 Å². The van der Waals surface area contributed by atoms with Gasteiger partial charge in [-0.05, 0) is 24.1 Å². The van der Waals surface area contributed by atoms with Crippen molar-refractivity contribution in [1.29, 1.82) is 0 Å². The van der Waals surface area contributed by atoms with E-state index in [0.717, 1.165) is 0 Å². The second-order valence-corrected chi connectivity index (χ2v) is 3.16. The van der Waals surface area contributed by atoms with E-state index in [4.69, 9.17) is 16.7 Å². The highest BCUT2D eigenvalue weighted by molar-refractivity contribution is 6.29. The number of hydrogen-bond acceptors (Lipinski definition) is 1. The van der Waals surface area contributed by atoms with E-state index in [0.29, 0.717) is 5.56 Å². The van der Waals surface area contributed by atoms with Crippen LogP contribution >= 0.6 is 11.6 Å². The van der Waals surface area contributed by atoms with Crippen LogP contribution in [0.5, 0.6) is 0 Å². The van der Waals surface area contributed by atoms with Gasteiger partial charge in [0.15, 0.2) is 0 Å². The Morgan fingerprint density at radius 2 is 2.00 bits per heavy atom. The number of carbonyl (C=O) groups is 1. The fourth-order valence-electron chi connectivity index (χ4n) is 0.915. The third-order valence-corrected chi connectivity index (χ3v) is 1.94. The molecule has 1 atom stereocenters. The Kier molecular flexibility index (Phi) is 3.25. The second-order valence-electron chi connectivity index (χ2n) is 2.64. The lowest BCUT2D eigenvalue weighted by molar-refractivity contribution is -0.136. The number of halogens is 2. The number of carboxylic acid groups (broad SMARTS) is 1. The summed E-state index contributed by atoms with van der Waals surface area (Å²) in [6.07, 6.45) is 0.206. The number of aliphatic carboxylic acids is 1. The van der Waals surface area contributed by atoms with Crippen molar-refractivity contribution in [2.75, 3.05) is 0 Å². The molecule has 1 N–H and O–H groups in total. The zero-order chi connectivity index (χ0) is 9.84. The van der Waals surface area contributed by atoms with E-state index >= 15 is 0 Å². The molecule has 0 saturated carbocycles. The van der Waals surface area contributed by atoms with Crippen molar-refractivity contribution in [2.45, 2.75) is 11.8 Å². The van der Waals surface area contributed by atoms with Crippen molar-refractivity contribution in [1.82, 2.24) is 0 Å². The molecule has 1 rings (SSSR count). The largest absolute Gasteiger partial charge is 0.480 e. The summed E-state index contributed by atoms with van der Waals surface area (Å²) in [6, 6.07) is 5.60. The zero-order valence-corrected chi connectivity index (χ0v) is 7.46. The minimum absolute atomic E-state index is 0.206. The number of carboxylic acids is 1. The molecule has 70 valence electrons. The smallest absolute Gasteiger partial charge is 0.321 e. The number of alkyl halides is 1. The molecule has 0 amide bonds. The van der Waals surface area contributed by atoms with E-state index in [-0.39, 0.29) is 12.2 Å². The van der Waals surface area contributed by atoms with Crippen molar-refractivity contribution in [2.24, 2.45) is 0 Å². The first-order valence-corrected chi connectivity index (χ1v) is 4.14. The zero-order valence-electron chi connectivity index (χ0n) is 6.71. The molecule has 1 aromatic carbocycles. The van der Waals surface area contributed by atoms with Crippen LogP contribution in [0.15, 0.2) is 24.3 Å². The molecule has 4 heteroatoms. The Morgan fingerprint density at radius 3 is 2.46 bits per heavy atom. The van der Waals surface area contributed by atoms with Crippen LogP contribution in [0, 0.1) is 5.82 Å². The van der Waals surface area contributed by atoms with Crippen LogP contribution in [0.25, 0.3) is 0 Å². The van der Waals surface area contributed by atoms with E-state index in [2.05, 4.69) is 0 Å². The van der Waals surface area contributed by atoms with Crippen LogP contribution in [0.2, 0.25) is 0 Å². The van der Waals surface area contributed by atoms with Gasteiger partial charge in [0, 0.05) is 0 Å². The van der Waals surface area contributed by atoms with Gasteiger partial charge in [-0.1, -0.05) is 12.1 Å². The molecule has 0 bridgehead atoms. The minimum Gasteiger partial charge on any atom is -0.480 e. The van der Waals surface area contributed by atoms with Crippen LogP contribution in [0.3, 0.4) is 0 Å². The number of benzene rings is 1. The molecule has 1 aromatic rings. The third-order valence-electron chi connectivity index (χ3n) is 1.60. The van der Waals surface area contributed by atoms with Crippen molar-refractivity contribution in [3.05, 3.63) is 35.6 Å². The molecule has 0 radical (unpaired) electrons. The summed E-state index contributed by atoms with van der Waals surface area (Å²) in [5.74, 6) is -1.41. The molecule has 13 heavy (non-hydrogen) atoms. The molecular weight excluding hydrogens is 195 g/mol. The van der Waals surface area contributed by atoms with E-state index in [1.54, 1.807) is 0 Å². The molecule has 0 fully saturated rings. The van der Waals surface area contributed by atoms with Crippen LogP contribution in [0.4, 0.5) is 4.39 Å². The Balaban J connectivity index is 2.64. The van der Waals surface area contributed by atoms with Crippen molar-refractivity contribution < 1.29 is 14.3 Å². The van der Waals surface area contributed by atoms with Gasteiger partial charge < -0.3 is 5.11 Å². The summed E-state index contributed by atoms with van der Waals surface area (Å²) in [7, 11) is 0. The predicted molar refractivity (Wildman–Crippen MR) is 47.4 cm³/mol. The lowest BCUT2D eigenvalue weighted by Gasteiger charge is -2.03. The van der Waals surface area contributed by atoms with Crippen LogP contribution < -0.4 is 0 Å². The van der Waals surface area contributed by atoms with Gasteiger partial charge in [0.05, 0.1) is 0 Å². The highest BCUT2D eigenvalue weighted by Gasteiger charge is 2.13. The molecule has 0 heterocycles. The third kappa shape index (κ3) is 3.03. The molecule has 0 aliphatic carbocycles. The van der Waals surface area contributed by atoms with Crippen LogP contribution in [-0.4, -0.2) is 16.5 Å². The predicted octanol–water partition coefficient (Wildman–Crippen LogP) is 2.06. The average molecular weight is 203 g/mol. The molecule has 1 unspecified atom stereocenters. The average Bonchev–Trinajstić information content (AvgIpc) is 2.08. The molecule has 0 spiro atoms. The second kappa shape index (κ2) is 4.23. The van der Waals surface area contributed by atoms with Crippen molar-refractivity contribution in [3.63, 3.8) is 0 Å². The maximum Gasteiger partial charge on any atom is 0.321 e. The first-order valence-electron chi connectivity index (χ1n) is 3.71. The Hall–Kier alpha value is -1.09. The monoisotopic (exact) mass is 202 g/mol. The number of hydrogen-bond donors (Lipinski definition) is 1. The Bertz CT molecular complexity index is 297. The minimum atomic E-state index is -1.06. The lowest BCUT2D eigenvalue weighted by Crippen LogP contribution is -2.15. The maximum atomic E-state index is 12.4. The van der Waals surface area contributed by atoms with E-state index < -0.39 is 11.3 Å². The van der Waals surface area contributed by atoms with Gasteiger partial charge in [-0.2, -0.15) is 0 Å². The molecule has 0 aliphatic heterocycles. The van der Waals surface area contributed by atoms with Gasteiger partial charge in [-0.15, -0.1) is 11.6 Å². The van der Waals surface area contributed by atoms with Crippen LogP contribution in [-0.2, 0) is 11.2 Å². The lowest BCUT2D eigenvalue weighted by atomic mass is 10.1. The van der Waals surface area contributed by atoms with Gasteiger partial charge in [0.2, 0.25) is 0 Å². The Labute approximate surface area is 80.0 Å². The highest BCUT2D eigenvalue weighted by atomic mass is 35.5. The standard InChI is InChI=1S/C9H8ClFO2/c10-8(9(12)13)5-6-1-3-7(11)4-2-6/h1-4,8H,5H2,(H,12,13). The fourth-order valence-corrected chi connectivity index (χ4v) is 1.09. The van der Waals surface area contributed by atoms with Gasteiger partial charge >= 0.3 is 5.97 Å². The summed E-state index contributed by atoms with van der Waals surface area (Å²) in [5.41, 5.74) is 0.712. The maximum absolute atomic E-state index is 12.4. The topological polar surface area (TPSA) is 37.3 Å². The van der Waals surface area contributed by atoms with E-state index in [1.807, 2.05) is 0 Å². The Morgan fingerprint density at radius 1 is 1.46 bits per heavy atom. The first-order chi connectivity index (χ1) is 6.09. The first kappa shape index (κ1) is 9.99. The summed E-state index contributed by atoms with van der Waals surface area (Å²) in [6.45, 7) is 0. The normalized spacial score (nSPS) is 12.5. The molecule has 0 aliphatic rings. The fraction of sp³-hybridized carbons (Fsp3) is 0.222. The van der Waals surface area contributed by atoms with Gasteiger partial charge in [0.25, 0.3) is 0 Å². The molecule has 2 nitrogen and oxygen atoms in total. The van der Waals surface area contributed by atoms with Crippen molar-refractivity contribution >= 4 is 17.6 Å². The van der Waals surface area contributed by atoms with Gasteiger partial charge in [-0.25, -0.2) is 4.39 Å². The van der Waals surface area contributed by atoms with Crippen LogP contribution in [0.1, 0.15) is 5.56 Å². The van der Waals surface area contributed by atoms with E-state index in [9.17, 15) is 9.18 Å². The molecule has 0 aromatic heterocycles. The van der Waals surface area contributed by atoms with Gasteiger partial charge in [0.1, 0.15) is 11.2 Å². The quantitative estimate of drug-likeness (QED) is 0.762. The summed E-state index contributed by atoms with van der Waals surface area (Å²) in [5, 5.41) is 7.54. The number of rotatable bonds is 3. The molecular formula is C9H8ClFO2. The SMILES string of the molecule is O=C(O)C(Cl)Cc1ccc(F)cc1. The summed E-state index contributed by atoms with van der Waals surface area (Å²) >= 11 is 5.50. The summed E-state index contributed by atoms with van der Waals surface area (Å²) in [4.78, 5) is 10.4. The summed E-state index contributed by atoms with van der Waals surface area (Å²) < 4.78 is 12.4. The molecule has 0 saturated heterocycles.